The van der Waals surface area contributed by atoms with Crippen LogP contribution in [-0.4, -0.2) is 24.5 Å². The van der Waals surface area contributed by atoms with Crippen LogP contribution in [-0.2, 0) is 16.2 Å². The Kier molecular flexibility index (Phi) is 8.15. The van der Waals surface area contributed by atoms with Gasteiger partial charge >= 0.3 is 6.03 Å². The average molecular weight is 549 g/mol. The van der Waals surface area contributed by atoms with E-state index in [4.69, 9.17) is 9.47 Å². The number of carbonyl (C=O) groups excluding carboxylic acids is 3. The van der Waals surface area contributed by atoms with Crippen LogP contribution >= 0.6 is 0 Å². The van der Waals surface area contributed by atoms with Crippen LogP contribution in [0.25, 0.3) is 16.8 Å². The van der Waals surface area contributed by atoms with Crippen LogP contribution in [0, 0.1) is 13.8 Å². The molecule has 7 nitrogen and oxygen atoms in total. The quantitative estimate of drug-likeness (QED) is 0.140. The van der Waals surface area contributed by atoms with Gasteiger partial charge in [0.25, 0.3) is 11.8 Å². The predicted molar refractivity (Wildman–Crippen MR) is 160 cm³/mol. The lowest BCUT2D eigenvalue weighted by atomic mass is 9.99. The number of rotatable bonds is 9. The molecule has 4 amide bonds. The molecule has 0 unspecified atom stereocenters. The van der Waals surface area contributed by atoms with E-state index in [1.807, 2.05) is 42.5 Å². The van der Waals surface area contributed by atoms with Crippen molar-refractivity contribution in [1.82, 2.24) is 5.32 Å². The number of unbranched alkanes of at least 4 members (excludes halogenated alkanes) is 1. The van der Waals surface area contributed by atoms with Gasteiger partial charge in [-0.2, -0.15) is 0 Å². The highest BCUT2D eigenvalue weighted by atomic mass is 16.5. The van der Waals surface area contributed by atoms with Gasteiger partial charge in [-0.25, -0.2) is 9.69 Å². The summed E-state index contributed by atoms with van der Waals surface area (Å²) in [5.41, 5.74) is 4.12. The molecule has 1 heterocycles. The van der Waals surface area contributed by atoms with E-state index in [-0.39, 0.29) is 5.57 Å². The number of anilines is 1. The molecule has 4 aromatic carbocycles. The van der Waals surface area contributed by atoms with Crippen molar-refractivity contribution in [3.8, 4) is 11.5 Å². The lowest BCUT2D eigenvalue weighted by molar-refractivity contribution is -0.122. The van der Waals surface area contributed by atoms with Crippen LogP contribution in [0.2, 0.25) is 0 Å². The third-order valence-electron chi connectivity index (χ3n) is 7.15. The molecule has 1 N–H and O–H groups in total. The van der Waals surface area contributed by atoms with Crippen LogP contribution in [0.5, 0.6) is 11.5 Å². The molecule has 0 aromatic heterocycles. The molecule has 41 heavy (non-hydrogen) atoms. The molecule has 0 bridgehead atoms. The van der Waals surface area contributed by atoms with Gasteiger partial charge in [0.1, 0.15) is 23.7 Å². The third-order valence-corrected chi connectivity index (χ3v) is 7.15. The van der Waals surface area contributed by atoms with Crippen molar-refractivity contribution in [3.05, 3.63) is 107 Å². The van der Waals surface area contributed by atoms with Crippen LogP contribution < -0.4 is 19.7 Å². The molecule has 4 aromatic rings. The topological polar surface area (TPSA) is 84.9 Å². The number of carbonyl (C=O) groups is 3. The highest BCUT2D eigenvalue weighted by Crippen LogP contribution is 2.33. The lowest BCUT2D eigenvalue weighted by Crippen LogP contribution is -2.54. The monoisotopic (exact) mass is 548 g/mol. The highest BCUT2D eigenvalue weighted by Gasteiger charge is 2.37. The van der Waals surface area contributed by atoms with E-state index in [9.17, 15) is 14.4 Å². The fourth-order valence-corrected chi connectivity index (χ4v) is 4.67. The van der Waals surface area contributed by atoms with Crippen molar-refractivity contribution in [2.24, 2.45) is 0 Å². The average Bonchev–Trinajstić information content (AvgIpc) is 2.97. The summed E-state index contributed by atoms with van der Waals surface area (Å²) in [6, 6.07) is 23.5. The standard InChI is InChI=1S/C34H32N2O5/c1-4-5-18-40-27-15-13-26(14-16-27)36-33(38)30(32(37)35-34(36)39)20-29-28-9-7-6-8-25(28)12-17-31(29)41-21-24-11-10-22(2)23(3)19-24/h6-17,19-20H,4-5,18,21H2,1-3H3,(H,35,37,39)/b30-20-. The van der Waals surface area contributed by atoms with E-state index in [0.717, 1.165) is 34.1 Å². The number of amides is 4. The second-order valence-corrected chi connectivity index (χ2v) is 10.1. The fourth-order valence-electron chi connectivity index (χ4n) is 4.67. The molecule has 0 radical (unpaired) electrons. The largest absolute Gasteiger partial charge is 0.494 e. The summed E-state index contributed by atoms with van der Waals surface area (Å²) < 4.78 is 11.9. The summed E-state index contributed by atoms with van der Waals surface area (Å²) >= 11 is 0. The predicted octanol–water partition coefficient (Wildman–Crippen LogP) is 6.88. The first kappa shape index (κ1) is 27.6. The smallest absolute Gasteiger partial charge is 0.335 e. The zero-order chi connectivity index (χ0) is 28.9. The maximum absolute atomic E-state index is 13.6. The molecule has 0 atom stereocenters. The number of ether oxygens (including phenoxy) is 2. The summed E-state index contributed by atoms with van der Waals surface area (Å²) in [7, 11) is 0. The maximum atomic E-state index is 13.6. The highest BCUT2D eigenvalue weighted by molar-refractivity contribution is 6.39. The van der Waals surface area contributed by atoms with Gasteiger partial charge in [0.15, 0.2) is 0 Å². The summed E-state index contributed by atoms with van der Waals surface area (Å²) in [5.74, 6) is -0.317. The number of hydrogen-bond acceptors (Lipinski definition) is 5. The number of fused-ring (bicyclic) bond motifs is 1. The zero-order valence-electron chi connectivity index (χ0n) is 23.4. The molecule has 5 rings (SSSR count). The Hall–Kier alpha value is -4.91. The van der Waals surface area contributed by atoms with E-state index in [0.29, 0.717) is 36.0 Å². The third kappa shape index (κ3) is 5.99. The second kappa shape index (κ2) is 12.1. The van der Waals surface area contributed by atoms with Crippen molar-refractivity contribution in [3.63, 3.8) is 0 Å². The Balaban J connectivity index is 1.49. The SMILES string of the molecule is CCCCOc1ccc(N2C(=O)NC(=O)/C(=C/c3c(OCc4ccc(C)c(C)c4)ccc4ccccc34)C2=O)cc1. The number of barbiturate groups is 1. The maximum Gasteiger partial charge on any atom is 0.335 e. The Bertz CT molecular complexity index is 1660. The number of nitrogens with zero attached hydrogens (tertiary/aromatic N) is 1. The van der Waals surface area contributed by atoms with Crippen LogP contribution in [0.1, 0.15) is 42.0 Å². The lowest BCUT2D eigenvalue weighted by Gasteiger charge is -2.26. The van der Waals surface area contributed by atoms with Crippen molar-refractivity contribution >= 4 is 40.4 Å². The van der Waals surface area contributed by atoms with E-state index >= 15 is 0 Å². The molecule has 0 spiro atoms. The Morgan fingerprint density at radius 3 is 2.39 bits per heavy atom. The molecular weight excluding hydrogens is 516 g/mol. The summed E-state index contributed by atoms with van der Waals surface area (Å²) in [4.78, 5) is 40.4. The van der Waals surface area contributed by atoms with Gasteiger partial charge in [-0.1, -0.05) is 61.9 Å². The Labute approximate surface area is 239 Å². The number of hydrogen-bond donors (Lipinski definition) is 1. The number of imide groups is 2. The molecule has 7 heteroatoms. The van der Waals surface area contributed by atoms with Crippen LogP contribution in [0.4, 0.5) is 10.5 Å². The normalized spacial score (nSPS) is 14.5. The van der Waals surface area contributed by atoms with E-state index in [1.54, 1.807) is 24.3 Å². The minimum absolute atomic E-state index is 0.166. The molecule has 0 aliphatic carbocycles. The minimum Gasteiger partial charge on any atom is -0.494 e. The fraction of sp³-hybridized carbons (Fsp3) is 0.206. The van der Waals surface area contributed by atoms with E-state index < -0.39 is 17.8 Å². The number of urea groups is 1. The van der Waals surface area contributed by atoms with Crippen LogP contribution in [0.3, 0.4) is 0 Å². The number of nitrogens with one attached hydrogen (secondary N) is 1. The minimum atomic E-state index is -0.805. The molecule has 1 aliphatic rings. The van der Waals surface area contributed by atoms with Crippen molar-refractivity contribution < 1.29 is 23.9 Å². The van der Waals surface area contributed by atoms with Gasteiger partial charge in [0.05, 0.1) is 12.3 Å². The Morgan fingerprint density at radius 2 is 1.63 bits per heavy atom. The first-order valence-corrected chi connectivity index (χ1v) is 13.7. The molecule has 1 saturated heterocycles. The molecule has 1 aliphatic heterocycles. The van der Waals surface area contributed by atoms with Gasteiger partial charge in [-0.05, 0) is 84.1 Å². The first-order valence-electron chi connectivity index (χ1n) is 13.7. The van der Waals surface area contributed by atoms with Gasteiger partial charge in [-0.3, -0.25) is 14.9 Å². The summed E-state index contributed by atoms with van der Waals surface area (Å²) in [6.07, 6.45) is 3.45. The van der Waals surface area contributed by atoms with Crippen molar-refractivity contribution in [2.45, 2.75) is 40.2 Å². The van der Waals surface area contributed by atoms with Crippen molar-refractivity contribution in [1.29, 1.82) is 0 Å². The number of aryl methyl sites for hydroxylation is 2. The zero-order valence-corrected chi connectivity index (χ0v) is 23.4. The van der Waals surface area contributed by atoms with Crippen molar-refractivity contribution in [2.75, 3.05) is 11.5 Å². The van der Waals surface area contributed by atoms with Gasteiger partial charge in [0.2, 0.25) is 0 Å². The van der Waals surface area contributed by atoms with Gasteiger partial charge in [0, 0.05) is 5.56 Å². The first-order chi connectivity index (χ1) is 19.9. The van der Waals surface area contributed by atoms with Crippen LogP contribution in [0.15, 0.2) is 84.4 Å². The summed E-state index contributed by atoms with van der Waals surface area (Å²) in [6.45, 7) is 7.09. The van der Waals surface area contributed by atoms with E-state index in [1.165, 1.54) is 17.2 Å². The summed E-state index contributed by atoms with van der Waals surface area (Å²) in [5, 5.41) is 4.05. The second-order valence-electron chi connectivity index (χ2n) is 10.1. The molecular formula is C34H32N2O5. The Morgan fingerprint density at radius 1 is 0.854 bits per heavy atom. The van der Waals surface area contributed by atoms with Gasteiger partial charge in [-0.15, -0.1) is 0 Å². The van der Waals surface area contributed by atoms with Gasteiger partial charge < -0.3 is 9.47 Å². The number of benzene rings is 4. The van der Waals surface area contributed by atoms with E-state index in [2.05, 4.69) is 38.2 Å². The molecule has 1 fully saturated rings. The molecule has 0 saturated carbocycles. The molecule has 208 valence electrons.